The topological polar surface area (TPSA) is 0 Å². The van der Waals surface area contributed by atoms with Crippen molar-refractivity contribution in [1.29, 1.82) is 0 Å². The Morgan fingerprint density at radius 1 is 1.50 bits per heavy atom. The van der Waals surface area contributed by atoms with E-state index in [4.69, 9.17) is 6.42 Å². The summed E-state index contributed by atoms with van der Waals surface area (Å²) in [7, 11) is 0. The average molecular weight is 241 g/mol. The molecule has 0 nitrogen and oxygen atoms in total. The number of thioether (sulfide) groups is 1. The third-order valence-electron chi connectivity index (χ3n) is 1.31. The van der Waals surface area contributed by atoms with E-state index in [-0.39, 0.29) is 0 Å². The first-order valence-corrected chi connectivity index (χ1v) is 5.42. The van der Waals surface area contributed by atoms with Crippen LogP contribution in [0.2, 0.25) is 0 Å². The van der Waals surface area contributed by atoms with Crippen LogP contribution < -0.4 is 0 Å². The molecule has 0 aliphatic rings. The number of rotatable bonds is 3. The van der Waals surface area contributed by atoms with Gasteiger partial charge in [-0.15, -0.1) is 24.1 Å². The van der Waals surface area contributed by atoms with E-state index in [0.717, 1.165) is 16.6 Å². The molecule has 1 aromatic rings. The molecule has 0 aliphatic heterocycles. The number of benzene rings is 1. The molecule has 2 heteroatoms. The van der Waals surface area contributed by atoms with Gasteiger partial charge in [-0.2, -0.15) is 0 Å². The lowest BCUT2D eigenvalue weighted by Crippen LogP contribution is -1.76. The molecule has 0 fully saturated rings. The lowest BCUT2D eigenvalue weighted by Gasteiger charge is -1.98. The third kappa shape index (κ3) is 3.34. The van der Waals surface area contributed by atoms with E-state index in [1.807, 2.05) is 12.1 Å². The van der Waals surface area contributed by atoms with Crippen LogP contribution in [0.25, 0.3) is 0 Å². The van der Waals surface area contributed by atoms with Crippen LogP contribution in [0.15, 0.2) is 33.6 Å². The first-order valence-electron chi connectivity index (χ1n) is 3.65. The highest BCUT2D eigenvalue weighted by molar-refractivity contribution is 9.10. The van der Waals surface area contributed by atoms with Crippen molar-refractivity contribution in [3.05, 3.63) is 28.7 Å². The summed E-state index contributed by atoms with van der Waals surface area (Å²) in [6, 6.07) is 8.24. The summed E-state index contributed by atoms with van der Waals surface area (Å²) in [5.74, 6) is 3.61. The van der Waals surface area contributed by atoms with Crippen LogP contribution in [0.5, 0.6) is 0 Å². The molecule has 0 amide bonds. The van der Waals surface area contributed by atoms with Crippen LogP contribution in [0.1, 0.15) is 6.42 Å². The molecule has 0 bridgehead atoms. The first kappa shape index (κ1) is 9.70. The van der Waals surface area contributed by atoms with Gasteiger partial charge in [-0.3, -0.25) is 0 Å². The second-order valence-electron chi connectivity index (χ2n) is 2.26. The van der Waals surface area contributed by atoms with Crippen LogP contribution in [0.4, 0.5) is 0 Å². The molecule has 0 aromatic heterocycles. The molecule has 0 saturated carbocycles. The Labute approximate surface area is 85.9 Å². The summed E-state index contributed by atoms with van der Waals surface area (Å²) in [5.41, 5.74) is 0. The average Bonchev–Trinajstić information content (AvgIpc) is 2.05. The SMILES string of the molecule is C#CCCSc1cccc(Br)c1. The summed E-state index contributed by atoms with van der Waals surface area (Å²) in [4.78, 5) is 1.26. The van der Waals surface area contributed by atoms with Crippen molar-refractivity contribution < 1.29 is 0 Å². The van der Waals surface area contributed by atoms with Gasteiger partial charge in [0, 0.05) is 21.5 Å². The lowest BCUT2D eigenvalue weighted by atomic mass is 10.4. The maximum absolute atomic E-state index is 5.15. The Morgan fingerprint density at radius 3 is 3.00 bits per heavy atom. The maximum atomic E-state index is 5.15. The Kier molecular flexibility index (Phi) is 4.27. The number of halogens is 1. The quantitative estimate of drug-likeness (QED) is 0.443. The molecule has 12 heavy (non-hydrogen) atoms. The number of terminal acetylenes is 1. The highest BCUT2D eigenvalue weighted by atomic mass is 79.9. The molecule has 1 aromatic carbocycles. The van der Waals surface area contributed by atoms with Crippen LogP contribution >= 0.6 is 27.7 Å². The van der Waals surface area contributed by atoms with Gasteiger partial charge in [-0.1, -0.05) is 22.0 Å². The van der Waals surface area contributed by atoms with Gasteiger partial charge in [0.15, 0.2) is 0 Å². The van der Waals surface area contributed by atoms with Crippen LogP contribution in [0, 0.1) is 12.3 Å². The van der Waals surface area contributed by atoms with E-state index in [1.54, 1.807) is 11.8 Å². The first-order chi connectivity index (χ1) is 5.83. The van der Waals surface area contributed by atoms with E-state index >= 15 is 0 Å². The molecular formula is C10H9BrS. The summed E-state index contributed by atoms with van der Waals surface area (Å²) in [6.07, 6.45) is 5.98. The monoisotopic (exact) mass is 240 g/mol. The molecule has 1 rings (SSSR count). The standard InChI is InChI=1S/C10H9BrS/c1-2-3-7-12-10-6-4-5-9(11)8-10/h1,4-6,8H,3,7H2. The van der Waals surface area contributed by atoms with Crippen molar-refractivity contribution in [1.82, 2.24) is 0 Å². The van der Waals surface area contributed by atoms with Crippen LogP contribution in [0.3, 0.4) is 0 Å². The zero-order valence-electron chi connectivity index (χ0n) is 6.59. The molecule has 0 heterocycles. The molecule has 0 atom stereocenters. The fraction of sp³-hybridized carbons (Fsp3) is 0.200. The highest BCUT2D eigenvalue weighted by Crippen LogP contribution is 2.21. The predicted molar refractivity (Wildman–Crippen MR) is 58.3 cm³/mol. The van der Waals surface area contributed by atoms with E-state index in [2.05, 4.69) is 34.0 Å². The van der Waals surface area contributed by atoms with Crippen molar-refractivity contribution in [2.45, 2.75) is 11.3 Å². The normalized spacial score (nSPS) is 9.33. The summed E-state index contributed by atoms with van der Waals surface area (Å²) < 4.78 is 1.12. The van der Waals surface area contributed by atoms with Crippen LogP contribution in [-0.2, 0) is 0 Å². The number of hydrogen-bond acceptors (Lipinski definition) is 1. The third-order valence-corrected chi connectivity index (χ3v) is 2.80. The molecule has 0 aliphatic carbocycles. The fourth-order valence-electron chi connectivity index (χ4n) is 0.785. The van der Waals surface area contributed by atoms with Gasteiger partial charge in [0.2, 0.25) is 0 Å². The van der Waals surface area contributed by atoms with Crippen molar-refractivity contribution in [2.24, 2.45) is 0 Å². The zero-order valence-corrected chi connectivity index (χ0v) is 8.99. The van der Waals surface area contributed by atoms with Gasteiger partial charge < -0.3 is 0 Å². The Bertz CT molecular complexity index is 288. The molecular weight excluding hydrogens is 232 g/mol. The fourth-order valence-corrected chi connectivity index (χ4v) is 2.18. The van der Waals surface area contributed by atoms with E-state index in [9.17, 15) is 0 Å². The van der Waals surface area contributed by atoms with E-state index in [0.29, 0.717) is 0 Å². The van der Waals surface area contributed by atoms with Crippen molar-refractivity contribution in [3.8, 4) is 12.3 Å². The van der Waals surface area contributed by atoms with Gasteiger partial charge in [0.25, 0.3) is 0 Å². The van der Waals surface area contributed by atoms with Gasteiger partial charge in [0.1, 0.15) is 0 Å². The summed E-state index contributed by atoms with van der Waals surface area (Å²) in [6.45, 7) is 0. The maximum Gasteiger partial charge on any atom is 0.0186 e. The Morgan fingerprint density at radius 2 is 2.33 bits per heavy atom. The summed E-state index contributed by atoms with van der Waals surface area (Å²) in [5, 5.41) is 0. The second kappa shape index (κ2) is 5.29. The molecule has 0 saturated heterocycles. The molecule has 0 spiro atoms. The molecule has 62 valence electrons. The second-order valence-corrected chi connectivity index (χ2v) is 4.34. The van der Waals surface area contributed by atoms with Gasteiger partial charge in [-0.05, 0) is 18.2 Å². The zero-order chi connectivity index (χ0) is 8.81. The minimum absolute atomic E-state index is 0.831. The van der Waals surface area contributed by atoms with Crippen molar-refractivity contribution in [3.63, 3.8) is 0 Å². The van der Waals surface area contributed by atoms with Crippen molar-refractivity contribution >= 4 is 27.7 Å². The highest BCUT2D eigenvalue weighted by Gasteiger charge is 1.92. The Balaban J connectivity index is 2.48. The lowest BCUT2D eigenvalue weighted by molar-refractivity contribution is 1.29. The van der Waals surface area contributed by atoms with Gasteiger partial charge >= 0.3 is 0 Å². The molecule has 0 unspecified atom stereocenters. The van der Waals surface area contributed by atoms with Crippen molar-refractivity contribution in [2.75, 3.05) is 5.75 Å². The largest absolute Gasteiger partial charge is 0.125 e. The molecule has 0 N–H and O–H groups in total. The summed E-state index contributed by atoms with van der Waals surface area (Å²) >= 11 is 5.20. The van der Waals surface area contributed by atoms with Gasteiger partial charge in [-0.25, -0.2) is 0 Å². The molecule has 0 radical (unpaired) electrons. The minimum Gasteiger partial charge on any atom is -0.125 e. The predicted octanol–water partition coefficient (Wildman–Crippen LogP) is 3.56. The number of hydrogen-bond donors (Lipinski definition) is 0. The minimum atomic E-state index is 0.831. The van der Waals surface area contributed by atoms with Crippen LogP contribution in [-0.4, -0.2) is 5.75 Å². The smallest absolute Gasteiger partial charge is 0.0186 e. The van der Waals surface area contributed by atoms with Gasteiger partial charge in [0.05, 0.1) is 0 Å². The Hall–Kier alpha value is -0.390. The van der Waals surface area contributed by atoms with E-state index in [1.165, 1.54) is 4.90 Å². The van der Waals surface area contributed by atoms with E-state index < -0.39 is 0 Å².